The molecule has 0 radical (unpaired) electrons. The Hall–Kier alpha value is -4.15. The monoisotopic (exact) mass is 1510 g/mol. The van der Waals surface area contributed by atoms with E-state index in [0.717, 1.165) is 68.1 Å². The predicted molar refractivity (Wildman–Crippen MR) is 327 cm³/mol. The largest absolute Gasteiger partial charge is 1.00 e. The van der Waals surface area contributed by atoms with E-state index in [-0.39, 0.29) is 183 Å². The molecule has 87 heavy (non-hydrogen) atoms. The number of phenols is 1. The number of phenolic OH excluding ortho intramolecular Hbond substituents is 1. The van der Waals surface area contributed by atoms with Gasteiger partial charge in [0.05, 0.1) is 50.3 Å². The number of nitriles is 3. The molecule has 0 unspecified atom stereocenters. The number of para-hydroxylation sites is 2. The van der Waals surface area contributed by atoms with E-state index in [0.29, 0.717) is 80.3 Å². The number of thiazole rings is 2. The zero-order valence-corrected chi connectivity index (χ0v) is 62.5. The number of halogens is 3. The molecule has 9 aromatic rings. The molecule has 3 saturated heterocycles. The summed E-state index contributed by atoms with van der Waals surface area (Å²) < 4.78 is 24.1. The fraction of sp³-hybridized carbons (Fsp3) is 0.288. The van der Waals surface area contributed by atoms with Crippen molar-refractivity contribution in [3.63, 3.8) is 0 Å². The minimum atomic E-state index is -0.740. The van der Waals surface area contributed by atoms with Gasteiger partial charge in [0.15, 0.2) is 25.7 Å². The third-order valence-corrected chi connectivity index (χ3v) is 15.3. The van der Waals surface area contributed by atoms with Crippen molar-refractivity contribution >= 4 is 106 Å². The maximum atomic E-state index is 9.87. The standard InChI is InChI=1S/C23H19N5O2S.C13H10N2OS.C10H10ClN3O.C6H9NO.C4H2Cl2N2.CH2O3.2CH4.2Cs.H/c24-15-23(9-13-29-14-10-23)20-21(26-12-11-25-20)30-17-7-5-16(6-8-17)27-22-28-18-3-1-2-4-19(18)31-22;16-10-7-5-9(6-8-10)14-13-15-11-3-1-2-4-12(11)17-13;11-9-8(13-3-4-14-9)10(7-12)1-5-15-6-2-10;7-5-6-1-3-8-4-2-6;5-3-4(6)8-2-1-7-3;2-1-4-3;;;;;/h1-8,11-12H,9-10,13-14H2,(H,27,28);1-8,16H,(H,14,15);3-4H,1-2,5-6H2;6H,1-4H2;1-2H;1,3H;2*1H4;;;/q;;;;;;;;2*+1;-1/p-1. The fourth-order valence-electron chi connectivity index (χ4n) is 8.10. The van der Waals surface area contributed by atoms with Crippen LogP contribution in [0.15, 0.2) is 134 Å². The summed E-state index contributed by atoms with van der Waals surface area (Å²) in [5.74, 6) is 1.51. The van der Waals surface area contributed by atoms with Gasteiger partial charge in [0.2, 0.25) is 5.88 Å². The van der Waals surface area contributed by atoms with E-state index in [1.807, 2.05) is 72.8 Å². The van der Waals surface area contributed by atoms with Crippen LogP contribution in [0.25, 0.3) is 20.4 Å². The van der Waals surface area contributed by atoms with Crippen LogP contribution < -0.4 is 158 Å². The normalized spacial score (nSPS) is 14.0. The number of fused-ring (bicyclic) bond motifs is 2. The molecule has 0 spiro atoms. The maximum absolute atomic E-state index is 9.87. The van der Waals surface area contributed by atoms with Crippen molar-refractivity contribution in [2.24, 2.45) is 5.92 Å². The predicted octanol–water partition coefficient (Wildman–Crippen LogP) is 7.19. The first-order chi connectivity index (χ1) is 40.5. The number of aromatic hydroxyl groups is 1. The average molecular weight is 1520 g/mol. The van der Waals surface area contributed by atoms with Crippen LogP contribution in [0.2, 0.25) is 15.5 Å². The molecule has 21 nitrogen and oxygen atoms in total. The Morgan fingerprint density at radius 1 is 0.598 bits per heavy atom. The molecule has 0 aliphatic carbocycles. The van der Waals surface area contributed by atoms with Crippen molar-refractivity contribution in [3.05, 3.63) is 161 Å². The van der Waals surface area contributed by atoms with Gasteiger partial charge in [-0.05, 0) is 111 Å². The molecule has 5 aromatic heterocycles. The van der Waals surface area contributed by atoms with E-state index in [1.54, 1.807) is 53.4 Å². The van der Waals surface area contributed by atoms with Gasteiger partial charge in [-0.2, -0.15) is 15.8 Å². The summed E-state index contributed by atoms with van der Waals surface area (Å²) in [5, 5.41) is 54.2. The molecule has 0 amide bonds. The molecule has 0 saturated carbocycles. The Balaban J connectivity index is 0.000000397. The zero-order valence-electron chi connectivity index (χ0n) is 47.0. The number of hydrogen-bond donors (Lipinski definition) is 3. The van der Waals surface area contributed by atoms with Crippen LogP contribution in [0.4, 0.5) is 21.6 Å². The second-order valence-corrected chi connectivity index (χ2v) is 20.9. The molecular formula is C59H60Cl3Cs2N13O8S2. The molecule has 3 aliphatic rings. The Bertz CT molecular complexity index is 3540. The molecule has 12 rings (SSSR count). The number of nitrogens with one attached hydrogen (secondary N) is 2. The summed E-state index contributed by atoms with van der Waals surface area (Å²) in [6, 6.07) is 37.5. The van der Waals surface area contributed by atoms with Crippen molar-refractivity contribution in [1.82, 2.24) is 39.9 Å². The number of rotatable bonds is 9. The SMILES string of the molecule is C.C.Clc1nccnc1Cl.N#CC1(c2nccnc2Cl)CCOCC1.N#CC1(c2nccnc2Oc2ccc(Nc3nc4ccccc4s3)cc2)CCOCC1.N#CC1CCOCC1.O=CO[O-].Oc1ccc(Nc2nc3ccccc3s2)cc1.[Cs+].[Cs+].[H-]. The van der Waals surface area contributed by atoms with Gasteiger partial charge >= 0.3 is 138 Å². The van der Waals surface area contributed by atoms with Crippen LogP contribution in [0.3, 0.4) is 0 Å². The smallest absolute Gasteiger partial charge is 1.00 e. The van der Waals surface area contributed by atoms with Crippen LogP contribution in [-0.2, 0) is 34.7 Å². The van der Waals surface area contributed by atoms with E-state index in [1.165, 1.54) is 18.6 Å². The number of hydrogen-bond acceptors (Lipinski definition) is 23. The quantitative estimate of drug-likeness (QED) is 0.0557. The molecule has 8 heterocycles. The molecule has 28 heteroatoms. The Morgan fingerprint density at radius 3 is 1.41 bits per heavy atom. The van der Waals surface area contributed by atoms with E-state index in [4.69, 9.17) is 69.1 Å². The van der Waals surface area contributed by atoms with Crippen molar-refractivity contribution < 1.29 is 178 Å². The third-order valence-electron chi connectivity index (χ3n) is 12.4. The number of aromatic nitrogens is 8. The number of carbonyl (C=O) groups excluding carboxylic acids is 1. The number of anilines is 4. The van der Waals surface area contributed by atoms with E-state index in [2.05, 4.69) is 85.7 Å². The van der Waals surface area contributed by atoms with Gasteiger partial charge < -0.3 is 46.3 Å². The zero-order chi connectivity index (χ0) is 58.7. The average Bonchev–Trinajstić information content (AvgIpc) is 1.54. The van der Waals surface area contributed by atoms with Gasteiger partial charge in [-0.15, -0.1) is 0 Å². The molecule has 0 atom stereocenters. The molecule has 3 N–H and O–H groups in total. The van der Waals surface area contributed by atoms with Crippen molar-refractivity contribution in [3.8, 4) is 35.6 Å². The first kappa shape index (κ1) is 77.1. The summed E-state index contributed by atoms with van der Waals surface area (Å²) in [7, 11) is 0. The van der Waals surface area contributed by atoms with E-state index in [9.17, 15) is 15.6 Å². The van der Waals surface area contributed by atoms with Gasteiger partial charge in [-0.25, -0.2) is 29.9 Å². The summed E-state index contributed by atoms with van der Waals surface area (Å²) in [5.41, 5.74) is 3.59. The number of nitrogens with zero attached hydrogens (tertiary/aromatic N) is 11. The van der Waals surface area contributed by atoms with Gasteiger partial charge in [0.25, 0.3) is 6.47 Å². The van der Waals surface area contributed by atoms with E-state index >= 15 is 0 Å². The minimum Gasteiger partial charge on any atom is -1.00 e. The molecule has 444 valence electrons. The first-order valence-corrected chi connectivity index (χ1v) is 28.2. The second kappa shape index (κ2) is 41.3. The van der Waals surface area contributed by atoms with Crippen LogP contribution in [0.5, 0.6) is 17.4 Å². The minimum absolute atomic E-state index is 0. The maximum Gasteiger partial charge on any atom is 1.00 e. The van der Waals surface area contributed by atoms with E-state index < -0.39 is 10.8 Å². The molecule has 3 aliphatic heterocycles. The summed E-state index contributed by atoms with van der Waals surface area (Å²) in [6.45, 7) is 3.56. The number of benzene rings is 4. The van der Waals surface area contributed by atoms with Gasteiger partial charge in [0, 0.05) is 88.2 Å². The Labute approximate surface area is 646 Å². The van der Waals surface area contributed by atoms with Gasteiger partial charge in [0.1, 0.15) is 28.0 Å². The van der Waals surface area contributed by atoms with Gasteiger partial charge in [-0.1, -0.05) is 96.6 Å². The Kier molecular flexibility index (Phi) is 36.6. The summed E-state index contributed by atoms with van der Waals surface area (Å²) in [4.78, 5) is 44.6. The van der Waals surface area contributed by atoms with Crippen LogP contribution in [0, 0.1) is 39.9 Å². The van der Waals surface area contributed by atoms with Crippen LogP contribution in [-0.4, -0.2) is 91.1 Å². The van der Waals surface area contributed by atoms with Crippen LogP contribution in [0.1, 0.15) is 66.2 Å². The van der Waals surface area contributed by atoms with Crippen molar-refractivity contribution in [2.45, 2.75) is 64.2 Å². The number of carbonyl (C=O) groups is 1. The topological polar surface area (TPSA) is 305 Å². The number of ether oxygens (including phenoxy) is 4. The van der Waals surface area contributed by atoms with Gasteiger partial charge in [-0.3, -0.25) is 14.8 Å². The molecule has 4 aromatic carbocycles. The third kappa shape index (κ3) is 23.9. The Morgan fingerprint density at radius 2 is 1.00 bits per heavy atom. The molecule has 3 fully saturated rings. The van der Waals surface area contributed by atoms with Crippen molar-refractivity contribution in [2.75, 3.05) is 50.3 Å². The molecule has 0 bridgehead atoms. The first-order valence-electron chi connectivity index (χ1n) is 25.4. The summed E-state index contributed by atoms with van der Waals surface area (Å²) in [6.07, 6.45) is 13.5. The van der Waals surface area contributed by atoms with Crippen molar-refractivity contribution in [1.29, 1.82) is 15.8 Å². The second-order valence-electron chi connectivity index (χ2n) is 17.8. The van der Waals surface area contributed by atoms with Crippen LogP contribution >= 0.6 is 57.5 Å². The molecular weight excluding hydrogens is 1460 g/mol. The fourth-order valence-corrected chi connectivity index (χ4v) is 10.4. The summed E-state index contributed by atoms with van der Waals surface area (Å²) >= 11 is 20.0.